The molecule has 2 amide bonds. The molecule has 9 nitrogen and oxygen atoms in total. The van der Waals surface area contributed by atoms with Crippen LogP contribution in [-0.4, -0.2) is 46.0 Å². The third-order valence-electron chi connectivity index (χ3n) is 6.53. The number of furan rings is 1. The van der Waals surface area contributed by atoms with Crippen molar-refractivity contribution < 1.29 is 18.7 Å². The van der Waals surface area contributed by atoms with Gasteiger partial charge in [-0.3, -0.25) is 9.59 Å². The van der Waals surface area contributed by atoms with Crippen molar-refractivity contribution in [2.75, 3.05) is 13.6 Å². The molecule has 1 fully saturated rings. The van der Waals surface area contributed by atoms with Gasteiger partial charge in [-0.25, -0.2) is 4.52 Å². The number of nitriles is 1. The molecule has 0 unspecified atom stereocenters. The Morgan fingerprint density at radius 2 is 2.09 bits per heavy atom. The Bertz CT molecular complexity index is 1510. The van der Waals surface area contributed by atoms with E-state index in [4.69, 9.17) is 14.4 Å². The number of likely N-dealkylation sites (tertiary alicyclic amines) is 1. The molecule has 9 heteroatoms. The van der Waals surface area contributed by atoms with Crippen LogP contribution in [0.3, 0.4) is 0 Å². The van der Waals surface area contributed by atoms with Crippen LogP contribution in [0.2, 0.25) is 0 Å². The highest BCUT2D eigenvalue weighted by atomic mass is 16.5. The molecule has 0 aliphatic carbocycles. The Labute approximate surface area is 195 Å². The van der Waals surface area contributed by atoms with E-state index in [1.807, 2.05) is 13.8 Å². The first-order valence-electron chi connectivity index (χ1n) is 10.9. The largest absolute Gasteiger partial charge is 0.460 e. The molecule has 2 atom stereocenters. The maximum atomic E-state index is 13.1. The number of nitrogens with zero attached hydrogens (tertiary/aromatic N) is 4. The van der Waals surface area contributed by atoms with Crippen LogP contribution in [0.5, 0.6) is 11.5 Å². The normalized spacial score (nSPS) is 17.4. The predicted molar refractivity (Wildman–Crippen MR) is 124 cm³/mol. The number of nitrogens with one attached hydrogen (secondary N) is 1. The van der Waals surface area contributed by atoms with Gasteiger partial charge in [0, 0.05) is 43.4 Å². The summed E-state index contributed by atoms with van der Waals surface area (Å²) < 4.78 is 13.6. The zero-order chi connectivity index (χ0) is 24.1. The number of amides is 2. The summed E-state index contributed by atoms with van der Waals surface area (Å²) in [6.45, 7) is 5.92. The van der Waals surface area contributed by atoms with Crippen LogP contribution in [0.4, 0.5) is 0 Å². The van der Waals surface area contributed by atoms with Gasteiger partial charge in [-0.2, -0.15) is 10.4 Å². The van der Waals surface area contributed by atoms with Crippen LogP contribution in [0, 0.1) is 31.1 Å². The minimum Gasteiger partial charge on any atom is -0.460 e. The van der Waals surface area contributed by atoms with Crippen molar-refractivity contribution in [1.29, 1.82) is 5.26 Å². The minimum atomic E-state index is -0.209. The summed E-state index contributed by atoms with van der Waals surface area (Å²) in [5.41, 5.74) is 2.99. The molecular weight excluding hydrogens is 434 g/mol. The molecule has 5 rings (SSSR count). The molecule has 0 spiro atoms. The maximum absolute atomic E-state index is 13.1. The van der Waals surface area contributed by atoms with E-state index >= 15 is 0 Å². The van der Waals surface area contributed by atoms with Crippen LogP contribution in [0.15, 0.2) is 41.1 Å². The van der Waals surface area contributed by atoms with Crippen LogP contribution >= 0.6 is 0 Å². The molecule has 34 heavy (non-hydrogen) atoms. The van der Waals surface area contributed by atoms with Crippen LogP contribution in [-0.2, 0) is 0 Å². The second-order valence-electron chi connectivity index (χ2n) is 8.46. The maximum Gasteiger partial charge on any atom is 0.256 e. The summed E-state index contributed by atoms with van der Waals surface area (Å²) in [5.74, 6) is 1.12. The van der Waals surface area contributed by atoms with Gasteiger partial charge in [0.1, 0.15) is 22.6 Å². The van der Waals surface area contributed by atoms with E-state index in [1.165, 1.54) is 0 Å². The second-order valence-corrected chi connectivity index (χ2v) is 8.46. The van der Waals surface area contributed by atoms with Crippen molar-refractivity contribution >= 4 is 28.3 Å². The Balaban J connectivity index is 1.49. The monoisotopic (exact) mass is 457 g/mol. The molecular formula is C25H23N5O4. The molecule has 3 aromatic heterocycles. The van der Waals surface area contributed by atoms with E-state index in [1.54, 1.807) is 60.0 Å². The number of ether oxygens (including phenoxy) is 1. The summed E-state index contributed by atoms with van der Waals surface area (Å²) in [4.78, 5) is 27.0. The fraction of sp³-hybridized carbons (Fsp3) is 0.280. The van der Waals surface area contributed by atoms with Crippen molar-refractivity contribution in [3.63, 3.8) is 0 Å². The number of carbonyl (C=O) groups is 2. The fourth-order valence-electron chi connectivity index (χ4n) is 4.50. The first-order chi connectivity index (χ1) is 16.3. The van der Waals surface area contributed by atoms with Gasteiger partial charge >= 0.3 is 0 Å². The van der Waals surface area contributed by atoms with Crippen molar-refractivity contribution in [1.82, 2.24) is 19.8 Å². The van der Waals surface area contributed by atoms with Crippen LogP contribution < -0.4 is 10.1 Å². The summed E-state index contributed by atoms with van der Waals surface area (Å²) in [6, 6.07) is 9.15. The summed E-state index contributed by atoms with van der Waals surface area (Å²) in [5, 5.41) is 16.8. The van der Waals surface area contributed by atoms with Gasteiger partial charge in [-0.05, 0) is 38.5 Å². The van der Waals surface area contributed by atoms with Gasteiger partial charge in [0.2, 0.25) is 0 Å². The number of benzene rings is 1. The number of hydrogen-bond donors (Lipinski definition) is 1. The molecule has 1 aliphatic heterocycles. The molecule has 4 aromatic rings. The topological polar surface area (TPSA) is 113 Å². The summed E-state index contributed by atoms with van der Waals surface area (Å²) >= 11 is 0. The van der Waals surface area contributed by atoms with Gasteiger partial charge < -0.3 is 19.4 Å². The molecule has 1 aliphatic rings. The molecule has 1 saturated heterocycles. The lowest BCUT2D eigenvalue weighted by Gasteiger charge is -2.42. The van der Waals surface area contributed by atoms with Gasteiger partial charge in [0.15, 0.2) is 5.75 Å². The van der Waals surface area contributed by atoms with E-state index in [0.717, 1.165) is 5.56 Å². The second kappa shape index (κ2) is 7.92. The predicted octanol–water partition coefficient (Wildman–Crippen LogP) is 3.83. The average molecular weight is 457 g/mol. The molecule has 0 saturated carbocycles. The van der Waals surface area contributed by atoms with E-state index in [0.29, 0.717) is 51.4 Å². The standard InChI is InChI=1S/C25H23N5O4/c1-13-19(25(32)29-11-16(10-26)14(29)2)12-30-23(13)20(7-8-28-30)34-17-5-6-18-21(9-17)33-15(3)22(18)24(31)27-4/h5-9,12,14,16H,11H2,1-4H3,(H,27,31)/t14-,16-/m0/s1. The SMILES string of the molecule is CNC(=O)c1c(C)oc2cc(Oc3ccnn4cc(C(=O)N5C[C@H](C#N)[C@@H]5C)c(C)c34)ccc12. The van der Waals surface area contributed by atoms with E-state index in [9.17, 15) is 9.59 Å². The van der Waals surface area contributed by atoms with Gasteiger partial charge in [-0.1, -0.05) is 0 Å². The minimum absolute atomic E-state index is 0.119. The summed E-state index contributed by atoms with van der Waals surface area (Å²) in [7, 11) is 1.58. The number of carbonyl (C=O) groups excluding carboxylic acids is 2. The highest BCUT2D eigenvalue weighted by Crippen LogP contribution is 2.35. The zero-order valence-electron chi connectivity index (χ0n) is 19.2. The lowest BCUT2D eigenvalue weighted by Crippen LogP contribution is -2.56. The first-order valence-corrected chi connectivity index (χ1v) is 10.9. The fourth-order valence-corrected chi connectivity index (χ4v) is 4.50. The van der Waals surface area contributed by atoms with Crippen molar-refractivity contribution in [3.8, 4) is 17.6 Å². The first kappa shape index (κ1) is 21.5. The number of rotatable bonds is 4. The number of aromatic nitrogens is 2. The molecule has 4 heterocycles. The molecule has 172 valence electrons. The quantitative estimate of drug-likeness (QED) is 0.498. The molecule has 1 N–H and O–H groups in total. The third-order valence-corrected chi connectivity index (χ3v) is 6.53. The lowest BCUT2D eigenvalue weighted by atomic mass is 9.90. The molecule has 0 radical (unpaired) electrons. The van der Waals surface area contributed by atoms with Gasteiger partial charge in [-0.15, -0.1) is 0 Å². The van der Waals surface area contributed by atoms with E-state index < -0.39 is 0 Å². The summed E-state index contributed by atoms with van der Waals surface area (Å²) in [6.07, 6.45) is 3.30. The van der Waals surface area contributed by atoms with Gasteiger partial charge in [0.05, 0.1) is 29.3 Å². The lowest BCUT2D eigenvalue weighted by molar-refractivity contribution is 0.0358. The van der Waals surface area contributed by atoms with Crippen molar-refractivity contribution in [2.24, 2.45) is 5.92 Å². The van der Waals surface area contributed by atoms with Gasteiger partial charge in [0.25, 0.3) is 11.8 Å². The van der Waals surface area contributed by atoms with E-state index in [-0.39, 0.29) is 23.8 Å². The van der Waals surface area contributed by atoms with Crippen LogP contribution in [0.1, 0.15) is 39.0 Å². The van der Waals surface area contributed by atoms with Crippen molar-refractivity contribution in [3.05, 3.63) is 59.1 Å². The van der Waals surface area contributed by atoms with E-state index in [2.05, 4.69) is 16.5 Å². The third kappa shape index (κ3) is 3.18. The smallest absolute Gasteiger partial charge is 0.256 e. The Kier molecular flexibility index (Phi) is 5.01. The number of fused-ring (bicyclic) bond motifs is 2. The molecule has 1 aromatic carbocycles. The Morgan fingerprint density at radius 3 is 2.79 bits per heavy atom. The number of hydrogen-bond acceptors (Lipinski definition) is 6. The average Bonchev–Trinajstić information content (AvgIpc) is 3.34. The zero-order valence-corrected chi connectivity index (χ0v) is 19.2. The van der Waals surface area contributed by atoms with Crippen LogP contribution in [0.25, 0.3) is 16.5 Å². The molecule has 0 bridgehead atoms. The Morgan fingerprint density at radius 1 is 1.29 bits per heavy atom. The highest BCUT2D eigenvalue weighted by Gasteiger charge is 2.40. The highest BCUT2D eigenvalue weighted by molar-refractivity contribution is 6.07. The Hall–Kier alpha value is -4.32. The van der Waals surface area contributed by atoms with Crippen molar-refractivity contribution in [2.45, 2.75) is 26.8 Å². The number of aryl methyl sites for hydroxylation is 2.